The molecule has 0 aliphatic heterocycles. The summed E-state index contributed by atoms with van der Waals surface area (Å²) in [5.74, 6) is 2.08. The van der Waals surface area contributed by atoms with Crippen molar-refractivity contribution in [1.29, 1.82) is 0 Å². The number of methoxy groups -OCH3 is 2. The summed E-state index contributed by atoms with van der Waals surface area (Å²) in [6.45, 7) is 7.09. The standard InChI is InChI=1S/C18H25N3O2/c1-5-21(6-2)12-13-10-17(23-4)14(11-16(13)22-3)15-8-7-9-18(19)20-15/h7-11H,5-6,12H2,1-4H3,(H2,19,20). The number of benzene rings is 1. The van der Waals surface area contributed by atoms with Gasteiger partial charge in [0.1, 0.15) is 17.3 Å². The summed E-state index contributed by atoms with van der Waals surface area (Å²) in [4.78, 5) is 6.71. The first-order valence-electron chi connectivity index (χ1n) is 7.83. The lowest BCUT2D eigenvalue weighted by atomic mass is 10.0. The predicted octanol–water partition coefficient (Wildman–Crippen LogP) is 3.19. The van der Waals surface area contributed by atoms with Gasteiger partial charge >= 0.3 is 0 Å². The molecule has 2 rings (SSSR count). The molecular weight excluding hydrogens is 290 g/mol. The monoisotopic (exact) mass is 315 g/mol. The maximum Gasteiger partial charge on any atom is 0.128 e. The molecule has 0 atom stereocenters. The molecule has 0 aliphatic carbocycles. The minimum absolute atomic E-state index is 0.482. The maximum absolute atomic E-state index is 5.80. The molecule has 0 bridgehead atoms. The van der Waals surface area contributed by atoms with Gasteiger partial charge in [-0.15, -0.1) is 0 Å². The van der Waals surface area contributed by atoms with Gasteiger partial charge in [-0.1, -0.05) is 19.9 Å². The lowest BCUT2D eigenvalue weighted by molar-refractivity contribution is 0.288. The van der Waals surface area contributed by atoms with E-state index >= 15 is 0 Å². The van der Waals surface area contributed by atoms with Gasteiger partial charge in [-0.3, -0.25) is 4.90 Å². The Hall–Kier alpha value is -2.27. The number of rotatable bonds is 7. The molecule has 5 heteroatoms. The number of ether oxygens (including phenoxy) is 2. The first kappa shape index (κ1) is 17.1. The van der Waals surface area contributed by atoms with Gasteiger partial charge in [-0.05, 0) is 37.4 Å². The zero-order valence-electron chi connectivity index (χ0n) is 14.3. The van der Waals surface area contributed by atoms with Crippen LogP contribution in [0, 0.1) is 0 Å². The van der Waals surface area contributed by atoms with Crippen LogP contribution in [0.2, 0.25) is 0 Å². The van der Waals surface area contributed by atoms with Crippen LogP contribution >= 0.6 is 0 Å². The Morgan fingerprint density at radius 1 is 1.04 bits per heavy atom. The number of pyridine rings is 1. The van der Waals surface area contributed by atoms with Crippen LogP contribution in [-0.2, 0) is 6.54 Å². The van der Waals surface area contributed by atoms with Crippen molar-refractivity contribution < 1.29 is 9.47 Å². The molecular formula is C18H25N3O2. The molecule has 124 valence electrons. The van der Waals surface area contributed by atoms with Gasteiger partial charge < -0.3 is 15.2 Å². The average molecular weight is 315 g/mol. The van der Waals surface area contributed by atoms with Crippen LogP contribution in [-0.4, -0.2) is 37.2 Å². The Morgan fingerprint density at radius 2 is 1.74 bits per heavy atom. The maximum atomic E-state index is 5.80. The first-order chi connectivity index (χ1) is 11.1. The number of hydrogen-bond donors (Lipinski definition) is 1. The third-order valence-corrected chi connectivity index (χ3v) is 3.94. The van der Waals surface area contributed by atoms with E-state index in [-0.39, 0.29) is 0 Å². The summed E-state index contributed by atoms with van der Waals surface area (Å²) < 4.78 is 11.2. The quantitative estimate of drug-likeness (QED) is 0.850. The Morgan fingerprint density at radius 3 is 2.30 bits per heavy atom. The summed E-state index contributed by atoms with van der Waals surface area (Å²) in [5.41, 5.74) is 8.55. The van der Waals surface area contributed by atoms with Gasteiger partial charge in [0, 0.05) is 17.7 Å². The second kappa shape index (κ2) is 7.83. The van der Waals surface area contributed by atoms with Crippen molar-refractivity contribution in [3.8, 4) is 22.8 Å². The van der Waals surface area contributed by atoms with E-state index in [0.717, 1.165) is 48.0 Å². The summed E-state index contributed by atoms with van der Waals surface area (Å²) in [5, 5.41) is 0. The van der Waals surface area contributed by atoms with Crippen LogP contribution < -0.4 is 15.2 Å². The summed E-state index contributed by atoms with van der Waals surface area (Å²) in [6, 6.07) is 9.56. The molecule has 0 radical (unpaired) electrons. The Labute approximate surface area is 138 Å². The van der Waals surface area contributed by atoms with Crippen molar-refractivity contribution in [1.82, 2.24) is 9.88 Å². The zero-order valence-corrected chi connectivity index (χ0v) is 14.3. The van der Waals surface area contributed by atoms with Crippen molar-refractivity contribution >= 4 is 5.82 Å². The van der Waals surface area contributed by atoms with E-state index in [0.29, 0.717) is 5.82 Å². The van der Waals surface area contributed by atoms with Gasteiger partial charge in [0.05, 0.1) is 19.9 Å². The van der Waals surface area contributed by atoms with Crippen LogP contribution in [0.25, 0.3) is 11.3 Å². The third-order valence-electron chi connectivity index (χ3n) is 3.94. The van der Waals surface area contributed by atoms with Crippen molar-refractivity contribution in [2.24, 2.45) is 0 Å². The fourth-order valence-electron chi connectivity index (χ4n) is 2.57. The highest BCUT2D eigenvalue weighted by molar-refractivity contribution is 5.71. The van der Waals surface area contributed by atoms with Gasteiger partial charge in [0.15, 0.2) is 0 Å². The van der Waals surface area contributed by atoms with Crippen molar-refractivity contribution in [3.05, 3.63) is 35.9 Å². The minimum atomic E-state index is 0.482. The van der Waals surface area contributed by atoms with E-state index in [1.165, 1.54) is 0 Å². The van der Waals surface area contributed by atoms with Crippen LogP contribution in [0.15, 0.2) is 30.3 Å². The fraction of sp³-hybridized carbons (Fsp3) is 0.389. The Kier molecular flexibility index (Phi) is 5.82. The molecule has 0 fully saturated rings. The van der Waals surface area contributed by atoms with Crippen LogP contribution in [0.1, 0.15) is 19.4 Å². The summed E-state index contributed by atoms with van der Waals surface area (Å²) >= 11 is 0. The SMILES string of the molecule is CCN(CC)Cc1cc(OC)c(-c2cccc(N)n2)cc1OC. The van der Waals surface area contributed by atoms with Crippen LogP contribution in [0.3, 0.4) is 0 Å². The van der Waals surface area contributed by atoms with Crippen molar-refractivity contribution in [2.45, 2.75) is 20.4 Å². The molecule has 2 aromatic rings. The molecule has 0 aliphatic rings. The van der Waals surface area contributed by atoms with Crippen molar-refractivity contribution in [3.63, 3.8) is 0 Å². The summed E-state index contributed by atoms with van der Waals surface area (Å²) in [7, 11) is 3.35. The number of anilines is 1. The topological polar surface area (TPSA) is 60.6 Å². The highest BCUT2D eigenvalue weighted by atomic mass is 16.5. The smallest absolute Gasteiger partial charge is 0.128 e. The highest BCUT2D eigenvalue weighted by Crippen LogP contribution is 2.36. The van der Waals surface area contributed by atoms with E-state index in [1.54, 1.807) is 20.3 Å². The Bertz CT molecular complexity index is 655. The van der Waals surface area contributed by atoms with Gasteiger partial charge in [0.2, 0.25) is 0 Å². The molecule has 0 unspecified atom stereocenters. The molecule has 0 spiro atoms. The second-order valence-corrected chi connectivity index (χ2v) is 5.27. The summed E-state index contributed by atoms with van der Waals surface area (Å²) in [6.07, 6.45) is 0. The van der Waals surface area contributed by atoms with E-state index in [9.17, 15) is 0 Å². The zero-order chi connectivity index (χ0) is 16.8. The van der Waals surface area contributed by atoms with E-state index in [1.807, 2.05) is 24.3 Å². The second-order valence-electron chi connectivity index (χ2n) is 5.27. The van der Waals surface area contributed by atoms with Gasteiger partial charge in [0.25, 0.3) is 0 Å². The highest BCUT2D eigenvalue weighted by Gasteiger charge is 2.15. The molecule has 23 heavy (non-hydrogen) atoms. The molecule has 0 saturated carbocycles. The van der Waals surface area contributed by atoms with E-state index < -0.39 is 0 Å². The molecule has 1 aromatic heterocycles. The lowest BCUT2D eigenvalue weighted by Gasteiger charge is -2.21. The number of hydrogen-bond acceptors (Lipinski definition) is 5. The van der Waals surface area contributed by atoms with Crippen LogP contribution in [0.4, 0.5) is 5.82 Å². The molecule has 2 N–H and O–H groups in total. The minimum Gasteiger partial charge on any atom is -0.496 e. The van der Waals surface area contributed by atoms with Crippen LogP contribution in [0.5, 0.6) is 11.5 Å². The van der Waals surface area contributed by atoms with E-state index in [4.69, 9.17) is 15.2 Å². The van der Waals surface area contributed by atoms with E-state index in [2.05, 4.69) is 23.7 Å². The molecule has 1 heterocycles. The number of nitrogens with zero attached hydrogens (tertiary/aromatic N) is 2. The lowest BCUT2D eigenvalue weighted by Crippen LogP contribution is -2.22. The Balaban J connectivity index is 2.49. The largest absolute Gasteiger partial charge is 0.496 e. The number of aromatic nitrogens is 1. The molecule has 5 nitrogen and oxygen atoms in total. The molecule has 0 amide bonds. The van der Waals surface area contributed by atoms with Gasteiger partial charge in [-0.2, -0.15) is 0 Å². The average Bonchev–Trinajstić information content (AvgIpc) is 2.58. The van der Waals surface area contributed by atoms with Crippen molar-refractivity contribution in [2.75, 3.05) is 33.0 Å². The first-order valence-corrected chi connectivity index (χ1v) is 7.83. The number of nitrogens with two attached hydrogens (primary N) is 1. The number of nitrogen functional groups attached to an aromatic ring is 1. The third kappa shape index (κ3) is 3.93. The fourth-order valence-corrected chi connectivity index (χ4v) is 2.57. The molecule has 1 aromatic carbocycles. The molecule has 0 saturated heterocycles. The predicted molar refractivity (Wildman–Crippen MR) is 93.8 cm³/mol. The normalized spacial score (nSPS) is 10.8. The van der Waals surface area contributed by atoms with Gasteiger partial charge in [-0.25, -0.2) is 4.98 Å².